The second kappa shape index (κ2) is 10.1. The minimum absolute atomic E-state index is 0.0277. The zero-order valence-electron chi connectivity index (χ0n) is 18.7. The SMILES string of the molecule is CCOC(=O)c1c(C)nc(C)nc1C(=O)N1CCN(C(=O)C(Cl)c2ccccc2)C(C)C1. The summed E-state index contributed by atoms with van der Waals surface area (Å²) in [6, 6.07) is 8.93. The lowest BCUT2D eigenvalue weighted by molar-refractivity contribution is -0.135. The van der Waals surface area contributed by atoms with Crippen LogP contribution in [0, 0.1) is 13.8 Å². The van der Waals surface area contributed by atoms with Gasteiger partial charge in [0, 0.05) is 25.7 Å². The maximum absolute atomic E-state index is 13.3. The van der Waals surface area contributed by atoms with Crippen molar-refractivity contribution >= 4 is 29.4 Å². The van der Waals surface area contributed by atoms with Crippen molar-refractivity contribution in [3.05, 3.63) is 58.7 Å². The molecule has 0 N–H and O–H groups in total. The first-order valence-corrected chi connectivity index (χ1v) is 11.0. The van der Waals surface area contributed by atoms with E-state index in [2.05, 4.69) is 9.97 Å². The first kappa shape index (κ1) is 23.7. The molecular formula is C23H27ClN4O4. The molecule has 2 amide bonds. The maximum Gasteiger partial charge on any atom is 0.342 e. The van der Waals surface area contributed by atoms with Crippen LogP contribution in [0.3, 0.4) is 0 Å². The van der Waals surface area contributed by atoms with E-state index in [1.807, 2.05) is 37.3 Å². The Morgan fingerprint density at radius 1 is 1.16 bits per heavy atom. The van der Waals surface area contributed by atoms with Crippen LogP contribution in [-0.4, -0.2) is 69.8 Å². The number of piperazine rings is 1. The number of ether oxygens (including phenoxy) is 1. The number of amides is 2. The Bertz CT molecular complexity index is 1010. The van der Waals surface area contributed by atoms with E-state index < -0.39 is 11.3 Å². The van der Waals surface area contributed by atoms with Crippen LogP contribution in [0.4, 0.5) is 0 Å². The summed E-state index contributed by atoms with van der Waals surface area (Å²) in [5.41, 5.74) is 1.24. The van der Waals surface area contributed by atoms with Crippen molar-refractivity contribution in [2.24, 2.45) is 0 Å². The number of aromatic nitrogens is 2. The van der Waals surface area contributed by atoms with E-state index in [-0.39, 0.29) is 35.7 Å². The molecule has 1 aromatic carbocycles. The van der Waals surface area contributed by atoms with Crippen molar-refractivity contribution in [1.82, 2.24) is 19.8 Å². The van der Waals surface area contributed by atoms with Crippen molar-refractivity contribution in [3.63, 3.8) is 0 Å². The highest BCUT2D eigenvalue weighted by atomic mass is 35.5. The first-order valence-electron chi connectivity index (χ1n) is 10.6. The van der Waals surface area contributed by atoms with Gasteiger partial charge in [-0.1, -0.05) is 30.3 Å². The highest BCUT2D eigenvalue weighted by Crippen LogP contribution is 2.26. The second-order valence-corrected chi connectivity index (χ2v) is 8.14. The largest absolute Gasteiger partial charge is 0.462 e. The molecule has 2 atom stereocenters. The Morgan fingerprint density at radius 2 is 1.84 bits per heavy atom. The lowest BCUT2D eigenvalue weighted by atomic mass is 10.1. The quantitative estimate of drug-likeness (QED) is 0.505. The predicted octanol–water partition coefficient (Wildman–Crippen LogP) is 2.92. The monoisotopic (exact) mass is 458 g/mol. The minimum atomic E-state index is -0.788. The molecule has 2 aromatic rings. The van der Waals surface area contributed by atoms with Gasteiger partial charge in [-0.2, -0.15) is 0 Å². The van der Waals surface area contributed by atoms with Crippen LogP contribution in [0.2, 0.25) is 0 Å². The number of halogens is 1. The third-order valence-electron chi connectivity index (χ3n) is 5.39. The Morgan fingerprint density at radius 3 is 2.47 bits per heavy atom. The van der Waals surface area contributed by atoms with Crippen LogP contribution in [0.15, 0.2) is 30.3 Å². The summed E-state index contributed by atoms with van der Waals surface area (Å²) in [6.07, 6.45) is 0. The molecule has 0 bridgehead atoms. The standard InChI is InChI=1S/C23H27ClN4O4/c1-5-32-23(31)18-15(3)25-16(4)26-20(18)22(30)27-11-12-28(14(2)13-27)21(29)19(24)17-9-7-6-8-10-17/h6-10,14,19H,5,11-13H2,1-4H3. The predicted molar refractivity (Wildman–Crippen MR) is 120 cm³/mol. The van der Waals surface area contributed by atoms with Gasteiger partial charge in [0.1, 0.15) is 22.5 Å². The number of benzene rings is 1. The van der Waals surface area contributed by atoms with Gasteiger partial charge in [0.2, 0.25) is 5.91 Å². The van der Waals surface area contributed by atoms with Crippen LogP contribution >= 0.6 is 11.6 Å². The van der Waals surface area contributed by atoms with Gasteiger partial charge in [-0.3, -0.25) is 9.59 Å². The Hall–Kier alpha value is -3.00. The van der Waals surface area contributed by atoms with Crippen LogP contribution in [-0.2, 0) is 9.53 Å². The van der Waals surface area contributed by atoms with E-state index in [0.29, 0.717) is 31.2 Å². The number of nitrogens with zero attached hydrogens (tertiary/aromatic N) is 4. The van der Waals surface area contributed by atoms with Gasteiger partial charge in [-0.15, -0.1) is 11.6 Å². The summed E-state index contributed by atoms with van der Waals surface area (Å²) < 4.78 is 5.11. The summed E-state index contributed by atoms with van der Waals surface area (Å²) >= 11 is 6.43. The third kappa shape index (κ3) is 4.91. The molecule has 0 spiro atoms. The number of esters is 1. The van der Waals surface area contributed by atoms with Gasteiger partial charge >= 0.3 is 5.97 Å². The van der Waals surface area contributed by atoms with Crippen molar-refractivity contribution in [2.45, 2.75) is 39.1 Å². The maximum atomic E-state index is 13.3. The molecule has 170 valence electrons. The molecule has 2 heterocycles. The Balaban J connectivity index is 1.78. The van der Waals surface area contributed by atoms with Crippen LogP contribution < -0.4 is 0 Å². The fraction of sp³-hybridized carbons (Fsp3) is 0.435. The molecule has 9 heteroatoms. The van der Waals surface area contributed by atoms with E-state index >= 15 is 0 Å². The zero-order chi connectivity index (χ0) is 23.4. The fourth-order valence-electron chi connectivity index (χ4n) is 3.84. The number of alkyl halides is 1. The second-order valence-electron chi connectivity index (χ2n) is 7.71. The zero-order valence-corrected chi connectivity index (χ0v) is 19.4. The van der Waals surface area contributed by atoms with E-state index in [1.54, 1.807) is 30.6 Å². The first-order chi connectivity index (χ1) is 15.2. The Labute approximate surface area is 192 Å². The molecule has 8 nitrogen and oxygen atoms in total. The highest BCUT2D eigenvalue weighted by Gasteiger charge is 2.35. The molecule has 1 aliphatic heterocycles. The molecule has 32 heavy (non-hydrogen) atoms. The minimum Gasteiger partial charge on any atom is -0.462 e. The van der Waals surface area contributed by atoms with Crippen LogP contribution in [0.25, 0.3) is 0 Å². The van der Waals surface area contributed by atoms with E-state index in [4.69, 9.17) is 16.3 Å². The number of carbonyl (C=O) groups is 3. The molecule has 3 rings (SSSR count). The van der Waals surface area contributed by atoms with Crippen molar-refractivity contribution in [3.8, 4) is 0 Å². The molecule has 0 radical (unpaired) electrons. The molecule has 1 saturated heterocycles. The number of rotatable bonds is 5. The summed E-state index contributed by atoms with van der Waals surface area (Å²) in [5, 5.41) is -0.788. The topological polar surface area (TPSA) is 92.7 Å². The van der Waals surface area contributed by atoms with Crippen LogP contribution in [0.1, 0.15) is 57.2 Å². The van der Waals surface area contributed by atoms with Gasteiger partial charge in [-0.25, -0.2) is 14.8 Å². The Kier molecular flexibility index (Phi) is 7.45. The van der Waals surface area contributed by atoms with Crippen LogP contribution in [0.5, 0.6) is 0 Å². The van der Waals surface area contributed by atoms with Gasteiger partial charge in [0.25, 0.3) is 5.91 Å². The van der Waals surface area contributed by atoms with E-state index in [1.165, 1.54) is 0 Å². The van der Waals surface area contributed by atoms with Gasteiger partial charge in [0.15, 0.2) is 0 Å². The average molecular weight is 459 g/mol. The van der Waals surface area contributed by atoms with Crippen molar-refractivity contribution in [1.29, 1.82) is 0 Å². The normalized spacial score (nSPS) is 17.1. The molecule has 0 aliphatic carbocycles. The molecule has 2 unspecified atom stereocenters. The summed E-state index contributed by atoms with van der Waals surface area (Å²) in [5.74, 6) is -0.804. The highest BCUT2D eigenvalue weighted by molar-refractivity contribution is 6.30. The van der Waals surface area contributed by atoms with E-state index in [0.717, 1.165) is 5.56 Å². The van der Waals surface area contributed by atoms with Gasteiger partial charge < -0.3 is 14.5 Å². The summed E-state index contributed by atoms with van der Waals surface area (Å²) in [6.45, 7) is 8.00. The van der Waals surface area contributed by atoms with Crippen molar-refractivity contribution in [2.75, 3.05) is 26.2 Å². The number of carbonyl (C=O) groups excluding carboxylic acids is 3. The van der Waals surface area contributed by atoms with Gasteiger partial charge in [0.05, 0.1) is 12.3 Å². The van der Waals surface area contributed by atoms with Crippen molar-refractivity contribution < 1.29 is 19.1 Å². The molecule has 0 saturated carbocycles. The fourth-order valence-corrected chi connectivity index (χ4v) is 4.12. The average Bonchev–Trinajstić information content (AvgIpc) is 2.77. The molecule has 1 aromatic heterocycles. The number of hydrogen-bond acceptors (Lipinski definition) is 6. The smallest absolute Gasteiger partial charge is 0.342 e. The molecule has 1 aliphatic rings. The lowest BCUT2D eigenvalue weighted by Crippen LogP contribution is -2.56. The molecule has 1 fully saturated rings. The molecular weight excluding hydrogens is 432 g/mol. The van der Waals surface area contributed by atoms with E-state index in [9.17, 15) is 14.4 Å². The summed E-state index contributed by atoms with van der Waals surface area (Å²) in [4.78, 5) is 50.5. The van der Waals surface area contributed by atoms with Gasteiger partial charge in [-0.05, 0) is 33.3 Å². The number of aryl methyl sites for hydroxylation is 2. The lowest BCUT2D eigenvalue weighted by Gasteiger charge is -2.40. The number of hydrogen-bond donors (Lipinski definition) is 0. The summed E-state index contributed by atoms with van der Waals surface area (Å²) in [7, 11) is 0. The third-order valence-corrected chi connectivity index (χ3v) is 5.83.